The Morgan fingerprint density at radius 3 is 2.14 bits per heavy atom. The molecule has 0 fully saturated rings. The van der Waals surface area contributed by atoms with Gasteiger partial charge in [0.1, 0.15) is 22.8 Å². The van der Waals surface area contributed by atoms with Crippen LogP contribution in [0.15, 0.2) is 48.7 Å². The third-order valence-corrected chi connectivity index (χ3v) is 4.94. The van der Waals surface area contributed by atoms with E-state index in [-0.39, 0.29) is 17.6 Å². The lowest BCUT2D eigenvalue weighted by molar-refractivity contribution is -0.192. The van der Waals surface area contributed by atoms with Gasteiger partial charge in [-0.25, -0.2) is 4.79 Å². The van der Waals surface area contributed by atoms with Crippen LogP contribution in [0.5, 0.6) is 17.2 Å². The molecule has 1 atom stereocenters. The van der Waals surface area contributed by atoms with Crippen LogP contribution in [0.4, 0.5) is 13.2 Å². The highest BCUT2D eigenvalue weighted by Gasteiger charge is 2.38. The van der Waals surface area contributed by atoms with E-state index in [4.69, 9.17) is 19.4 Å². The summed E-state index contributed by atoms with van der Waals surface area (Å²) in [5.74, 6) is -1.41. The number of carbonyl (C=O) groups is 2. The first kappa shape index (κ1) is 28.2. The van der Waals surface area contributed by atoms with Gasteiger partial charge in [-0.1, -0.05) is 32.0 Å². The third-order valence-electron chi connectivity index (χ3n) is 4.94. The molecule has 36 heavy (non-hydrogen) atoms. The molecule has 3 N–H and O–H groups in total. The van der Waals surface area contributed by atoms with Gasteiger partial charge >= 0.3 is 12.1 Å². The number of fused-ring (bicyclic) bond motifs is 1. The average Bonchev–Trinajstić information content (AvgIpc) is 2.82. The number of phenols is 1. The minimum absolute atomic E-state index is 0.0414. The topological polar surface area (TPSA) is 118 Å². The van der Waals surface area contributed by atoms with E-state index in [2.05, 4.69) is 10.3 Å². The number of aromatic hydroxyl groups is 1. The summed E-state index contributed by atoms with van der Waals surface area (Å²) in [6, 6.07) is 12.2. The summed E-state index contributed by atoms with van der Waals surface area (Å²) in [5, 5.41) is 22.0. The summed E-state index contributed by atoms with van der Waals surface area (Å²) < 4.78 is 42.5. The van der Waals surface area contributed by atoms with Crippen molar-refractivity contribution in [3.63, 3.8) is 0 Å². The molecule has 1 heterocycles. The van der Waals surface area contributed by atoms with Crippen LogP contribution in [-0.2, 0) is 9.59 Å². The number of aliphatic carboxylic acids is 1. The molecule has 3 aromatic rings. The number of alkyl halides is 3. The number of methoxy groups -OCH3 is 2. The number of nitrogens with zero attached hydrogens (tertiary/aromatic N) is 1. The van der Waals surface area contributed by atoms with Crippen LogP contribution in [-0.4, -0.2) is 47.5 Å². The van der Waals surface area contributed by atoms with Crippen LogP contribution in [0.3, 0.4) is 0 Å². The van der Waals surface area contributed by atoms with Gasteiger partial charge in [0.15, 0.2) is 0 Å². The second-order valence-electron chi connectivity index (χ2n) is 8.13. The number of hydrogen-bond donors (Lipinski definition) is 3. The molecule has 0 aliphatic rings. The summed E-state index contributed by atoms with van der Waals surface area (Å²) in [6.45, 7) is 3.97. The van der Waals surface area contributed by atoms with Gasteiger partial charge in [-0.15, -0.1) is 0 Å². The van der Waals surface area contributed by atoms with Gasteiger partial charge < -0.3 is 25.0 Å². The van der Waals surface area contributed by atoms with E-state index >= 15 is 0 Å². The van der Waals surface area contributed by atoms with Crippen LogP contribution >= 0.6 is 0 Å². The van der Waals surface area contributed by atoms with Crippen molar-refractivity contribution in [2.75, 3.05) is 14.2 Å². The van der Waals surface area contributed by atoms with Gasteiger partial charge in [-0.2, -0.15) is 13.2 Å². The highest BCUT2D eigenvalue weighted by Crippen LogP contribution is 2.37. The molecule has 0 radical (unpaired) electrons. The number of carboxylic acid groups (broad SMARTS) is 1. The second-order valence-corrected chi connectivity index (χ2v) is 8.13. The second kappa shape index (κ2) is 12.1. The summed E-state index contributed by atoms with van der Waals surface area (Å²) in [7, 11) is 3.14. The fourth-order valence-corrected chi connectivity index (χ4v) is 3.31. The van der Waals surface area contributed by atoms with E-state index in [1.54, 1.807) is 26.5 Å². The van der Waals surface area contributed by atoms with Crippen LogP contribution in [0.2, 0.25) is 0 Å². The maximum absolute atomic E-state index is 12.6. The predicted octanol–water partition coefficient (Wildman–Crippen LogP) is 4.84. The molecular formula is C25H27F3N2O6. The summed E-state index contributed by atoms with van der Waals surface area (Å²) >= 11 is 0. The first-order valence-electron chi connectivity index (χ1n) is 10.8. The van der Waals surface area contributed by atoms with E-state index in [0.717, 1.165) is 10.9 Å². The smallest absolute Gasteiger partial charge is 0.490 e. The zero-order valence-electron chi connectivity index (χ0n) is 20.1. The summed E-state index contributed by atoms with van der Waals surface area (Å²) in [4.78, 5) is 25.8. The van der Waals surface area contributed by atoms with Crippen LogP contribution < -0.4 is 14.8 Å². The Morgan fingerprint density at radius 2 is 1.64 bits per heavy atom. The Kier molecular flexibility index (Phi) is 9.48. The van der Waals surface area contributed by atoms with E-state index in [0.29, 0.717) is 29.0 Å². The fraction of sp³-hybridized carbons (Fsp3) is 0.320. The lowest BCUT2D eigenvalue weighted by atomic mass is 9.95. The van der Waals surface area contributed by atoms with Crippen molar-refractivity contribution < 1.29 is 42.4 Å². The third kappa shape index (κ3) is 7.49. The number of halogens is 3. The summed E-state index contributed by atoms with van der Waals surface area (Å²) in [5.41, 5.74) is 1.79. The Morgan fingerprint density at radius 1 is 1.06 bits per heavy atom. The maximum atomic E-state index is 12.6. The molecule has 1 amide bonds. The van der Waals surface area contributed by atoms with Crippen LogP contribution in [0.1, 0.15) is 37.4 Å². The first-order chi connectivity index (χ1) is 16.9. The van der Waals surface area contributed by atoms with Crippen LogP contribution in [0.25, 0.3) is 10.9 Å². The van der Waals surface area contributed by atoms with Crippen molar-refractivity contribution in [3.8, 4) is 17.2 Å². The molecular weight excluding hydrogens is 481 g/mol. The van der Waals surface area contributed by atoms with E-state index in [1.807, 2.05) is 50.2 Å². The molecule has 0 aliphatic carbocycles. The normalized spacial score (nSPS) is 11.9. The molecule has 2 aromatic carbocycles. The number of pyridine rings is 1. The van der Waals surface area contributed by atoms with Gasteiger partial charge in [0.05, 0.1) is 20.3 Å². The molecule has 0 spiro atoms. The van der Waals surface area contributed by atoms with Crippen molar-refractivity contribution in [2.24, 2.45) is 5.92 Å². The van der Waals surface area contributed by atoms with E-state index in [1.165, 1.54) is 0 Å². The molecule has 8 nitrogen and oxygen atoms in total. The number of benzene rings is 2. The summed E-state index contributed by atoms with van der Waals surface area (Å²) in [6.07, 6.45) is -3.07. The molecule has 0 bridgehead atoms. The van der Waals surface area contributed by atoms with E-state index < -0.39 is 18.2 Å². The van der Waals surface area contributed by atoms with Gasteiger partial charge in [0, 0.05) is 29.6 Å². The molecule has 0 saturated carbocycles. The standard InChI is InChI=1S/C23H26N2O4.C2HF3O2/c1-14(2)10-20(26)25-21(16-11-17(28-3)13-18(12-16)29-4)19-8-7-15-6-5-9-24-22(15)23(19)27;3-2(4,5)1(6)7/h5-9,11-14,21,27H,10H2,1-4H3,(H,25,26);(H,6,7). The number of aromatic nitrogens is 1. The quantitative estimate of drug-likeness (QED) is 0.418. The van der Waals surface area contributed by atoms with Crippen LogP contribution in [0, 0.1) is 5.92 Å². The largest absolute Gasteiger partial charge is 0.505 e. The number of ether oxygens (including phenoxy) is 2. The fourth-order valence-electron chi connectivity index (χ4n) is 3.31. The molecule has 0 aliphatic heterocycles. The van der Waals surface area contributed by atoms with Gasteiger partial charge in [-0.3, -0.25) is 9.78 Å². The Labute approximate surface area is 205 Å². The lowest BCUT2D eigenvalue weighted by Gasteiger charge is -2.23. The number of phenolic OH excluding ortho intramolecular Hbond substituents is 1. The first-order valence-corrected chi connectivity index (χ1v) is 10.8. The van der Waals surface area contributed by atoms with Crippen molar-refractivity contribution >= 4 is 22.8 Å². The lowest BCUT2D eigenvalue weighted by Crippen LogP contribution is -2.30. The SMILES string of the molecule is COc1cc(OC)cc(C(NC(=O)CC(C)C)c2ccc3cccnc3c2O)c1.O=C(O)C(F)(F)F. The molecule has 1 aromatic heterocycles. The Balaban J connectivity index is 0.000000572. The highest BCUT2D eigenvalue weighted by atomic mass is 19.4. The number of rotatable bonds is 7. The molecule has 1 unspecified atom stereocenters. The number of carbonyl (C=O) groups excluding carboxylic acids is 1. The zero-order valence-corrected chi connectivity index (χ0v) is 20.1. The molecule has 11 heteroatoms. The van der Waals surface area contributed by atoms with Gasteiger partial charge in [-0.05, 0) is 29.7 Å². The minimum Gasteiger partial charge on any atom is -0.505 e. The van der Waals surface area contributed by atoms with Gasteiger partial charge in [0.25, 0.3) is 0 Å². The monoisotopic (exact) mass is 508 g/mol. The number of carboxylic acids is 1. The number of amides is 1. The van der Waals surface area contributed by atoms with Crippen molar-refractivity contribution in [3.05, 3.63) is 59.8 Å². The maximum Gasteiger partial charge on any atom is 0.490 e. The number of hydrogen-bond acceptors (Lipinski definition) is 6. The highest BCUT2D eigenvalue weighted by molar-refractivity contribution is 5.86. The number of nitrogens with one attached hydrogen (secondary N) is 1. The Bertz CT molecular complexity index is 1190. The predicted molar refractivity (Wildman–Crippen MR) is 126 cm³/mol. The zero-order chi connectivity index (χ0) is 27.0. The minimum atomic E-state index is -5.08. The van der Waals surface area contributed by atoms with Gasteiger partial charge in [0.2, 0.25) is 5.91 Å². The molecule has 3 rings (SSSR count). The molecule has 0 saturated heterocycles. The van der Waals surface area contributed by atoms with Crippen molar-refractivity contribution in [2.45, 2.75) is 32.5 Å². The van der Waals surface area contributed by atoms with Crippen molar-refractivity contribution in [1.82, 2.24) is 10.3 Å². The van der Waals surface area contributed by atoms with Crippen molar-refractivity contribution in [1.29, 1.82) is 0 Å². The molecule has 194 valence electrons. The Hall–Kier alpha value is -4.02. The van der Waals surface area contributed by atoms with E-state index in [9.17, 15) is 23.1 Å². The average molecular weight is 508 g/mol.